The highest BCUT2D eigenvalue weighted by molar-refractivity contribution is 6.03. The molecule has 3 aliphatic heterocycles. The van der Waals surface area contributed by atoms with Crippen molar-refractivity contribution in [3.63, 3.8) is 0 Å². The van der Waals surface area contributed by atoms with Gasteiger partial charge in [0.1, 0.15) is 59.5 Å². The normalized spacial score (nSPS) is 27.6. The van der Waals surface area contributed by atoms with E-state index in [1.165, 1.54) is 24.3 Å². The first-order valence-electron chi connectivity index (χ1n) is 15.5. The van der Waals surface area contributed by atoms with E-state index in [4.69, 9.17) is 14.5 Å². The Hall–Kier alpha value is -3.93. The molecule has 2 aromatic heterocycles. The third-order valence-electron chi connectivity index (χ3n) is 10.4. The van der Waals surface area contributed by atoms with Crippen LogP contribution in [0.3, 0.4) is 0 Å². The van der Waals surface area contributed by atoms with Crippen molar-refractivity contribution in [1.29, 1.82) is 0 Å². The van der Waals surface area contributed by atoms with Crippen LogP contribution in [-0.2, 0) is 6.42 Å². The molecule has 2 atom stereocenters. The number of alkyl halides is 2. The zero-order chi connectivity index (χ0) is 31.2. The standard InChI is InChI=1S/C33H33F4N5O3/c1-3-21-23(36)6-5-17-9-20(43)10-22(24(17)21)27-26(37)28-25-29(41(2)33(11-18(34)12-33)16-44-30(25)38-27)40-31(39-28)45-15-32-7-4-8-42(32)14-19(35)13-32/h5-6,9-10,18-19,43H,3-4,7-8,11-16H2,1-2H3/t18?,19-,32+,33?/m1/s1. The topological polar surface area (TPSA) is 83.8 Å². The Morgan fingerprint density at radius 3 is 2.67 bits per heavy atom. The number of phenolic OH excluding ortho intramolecular Hbond substituents is 1. The maximum atomic E-state index is 16.9. The molecule has 0 unspecified atom stereocenters. The summed E-state index contributed by atoms with van der Waals surface area (Å²) in [5, 5.41) is 11.8. The molecule has 4 aliphatic rings. The second-order valence-corrected chi connectivity index (χ2v) is 13.0. The number of nitrogens with zero attached hydrogens (tertiary/aromatic N) is 5. The van der Waals surface area contributed by atoms with E-state index in [0.717, 1.165) is 19.4 Å². The van der Waals surface area contributed by atoms with Crippen molar-refractivity contribution in [2.75, 3.05) is 38.3 Å². The largest absolute Gasteiger partial charge is 0.508 e. The van der Waals surface area contributed by atoms with Gasteiger partial charge < -0.3 is 19.5 Å². The molecule has 1 spiro atoms. The second-order valence-electron chi connectivity index (χ2n) is 13.0. The number of likely N-dealkylation sites (N-methyl/N-ethyl adjacent to an activating group) is 1. The molecule has 4 aromatic rings. The van der Waals surface area contributed by atoms with Crippen LogP contribution in [0.5, 0.6) is 17.6 Å². The Morgan fingerprint density at radius 1 is 1.07 bits per heavy atom. The van der Waals surface area contributed by atoms with E-state index in [1.54, 1.807) is 18.9 Å². The molecule has 0 radical (unpaired) electrons. The fourth-order valence-corrected chi connectivity index (χ4v) is 8.05. The fourth-order valence-electron chi connectivity index (χ4n) is 8.05. The second kappa shape index (κ2) is 10.0. The van der Waals surface area contributed by atoms with Crippen molar-refractivity contribution >= 4 is 27.5 Å². The van der Waals surface area contributed by atoms with Crippen molar-refractivity contribution < 1.29 is 32.1 Å². The van der Waals surface area contributed by atoms with Gasteiger partial charge in [0.15, 0.2) is 5.82 Å². The van der Waals surface area contributed by atoms with Crippen LogP contribution in [-0.4, -0.2) is 81.7 Å². The van der Waals surface area contributed by atoms with Crippen molar-refractivity contribution in [2.24, 2.45) is 0 Å². The van der Waals surface area contributed by atoms with Gasteiger partial charge in [-0.2, -0.15) is 9.97 Å². The van der Waals surface area contributed by atoms with Gasteiger partial charge in [-0.15, -0.1) is 0 Å². The third-order valence-corrected chi connectivity index (χ3v) is 10.4. The lowest BCUT2D eigenvalue weighted by molar-refractivity contribution is 0.0536. The summed E-state index contributed by atoms with van der Waals surface area (Å²) in [6, 6.07) is 5.61. The minimum absolute atomic E-state index is 0.0524. The Labute approximate surface area is 257 Å². The van der Waals surface area contributed by atoms with Crippen LogP contribution in [0.2, 0.25) is 0 Å². The SMILES string of the molecule is CCc1c(F)ccc2cc(O)cc(-c3nc4c5c(nc(OC[C@@]67CCCN6C[C@H](F)C7)nc5c3F)N(C)C3(CO4)CC(F)C3)c12. The molecular formula is C33H33F4N5O3. The lowest BCUT2D eigenvalue weighted by atomic mass is 9.74. The first kappa shape index (κ1) is 28.5. The molecule has 3 fully saturated rings. The quantitative estimate of drug-likeness (QED) is 0.269. The molecule has 8 nitrogen and oxygen atoms in total. The number of hydrogen-bond donors (Lipinski definition) is 1. The number of aryl methyl sites for hydroxylation is 1. The molecule has 8 rings (SSSR count). The molecule has 0 bridgehead atoms. The number of aromatic hydroxyl groups is 1. The maximum absolute atomic E-state index is 16.9. The van der Waals surface area contributed by atoms with Crippen LogP contribution in [0.4, 0.5) is 23.4 Å². The van der Waals surface area contributed by atoms with E-state index >= 15 is 8.78 Å². The van der Waals surface area contributed by atoms with Crippen LogP contribution in [0.25, 0.3) is 32.9 Å². The first-order chi connectivity index (χ1) is 21.6. The van der Waals surface area contributed by atoms with Crippen molar-refractivity contribution in [2.45, 2.75) is 68.9 Å². The minimum atomic E-state index is -1.02. The molecule has 12 heteroatoms. The number of aromatic nitrogens is 3. The van der Waals surface area contributed by atoms with E-state index in [-0.39, 0.29) is 65.9 Å². The Balaban J connectivity index is 1.33. The number of anilines is 1. The van der Waals surface area contributed by atoms with Gasteiger partial charge in [0.2, 0.25) is 5.88 Å². The molecule has 1 saturated carbocycles. The summed E-state index contributed by atoms with van der Waals surface area (Å²) in [6.45, 7) is 3.15. The first-order valence-corrected chi connectivity index (χ1v) is 15.5. The van der Waals surface area contributed by atoms with E-state index < -0.39 is 35.1 Å². The summed E-state index contributed by atoms with van der Waals surface area (Å²) in [7, 11) is 1.77. The van der Waals surface area contributed by atoms with Crippen LogP contribution in [0.1, 0.15) is 44.6 Å². The highest BCUT2D eigenvalue weighted by Crippen LogP contribution is 2.49. The van der Waals surface area contributed by atoms with Crippen LogP contribution in [0.15, 0.2) is 24.3 Å². The molecular weight excluding hydrogens is 590 g/mol. The van der Waals surface area contributed by atoms with Crippen LogP contribution in [0, 0.1) is 11.6 Å². The third kappa shape index (κ3) is 4.24. The zero-order valence-electron chi connectivity index (χ0n) is 25.0. The Morgan fingerprint density at radius 2 is 1.89 bits per heavy atom. The molecule has 0 amide bonds. The predicted molar refractivity (Wildman–Crippen MR) is 161 cm³/mol. The maximum Gasteiger partial charge on any atom is 0.319 e. The lowest BCUT2D eigenvalue weighted by Crippen LogP contribution is -2.60. The zero-order valence-corrected chi connectivity index (χ0v) is 25.0. The molecule has 2 saturated heterocycles. The molecule has 2 aromatic carbocycles. The number of phenols is 1. The molecule has 1 aliphatic carbocycles. The summed E-state index contributed by atoms with van der Waals surface area (Å²) in [6.07, 6.45) is 0.788. The summed E-state index contributed by atoms with van der Waals surface area (Å²) in [5.74, 6) is -1.07. The predicted octanol–water partition coefficient (Wildman–Crippen LogP) is 6.05. The number of pyridine rings is 1. The lowest BCUT2D eigenvalue weighted by Gasteiger charge is -2.49. The van der Waals surface area contributed by atoms with Gasteiger partial charge in [-0.05, 0) is 60.3 Å². The average molecular weight is 624 g/mol. The van der Waals surface area contributed by atoms with E-state index in [2.05, 4.69) is 14.9 Å². The van der Waals surface area contributed by atoms with Crippen LogP contribution < -0.4 is 14.4 Å². The van der Waals surface area contributed by atoms with Gasteiger partial charge >= 0.3 is 6.01 Å². The fraction of sp³-hybridized carbons (Fsp3) is 0.485. The van der Waals surface area contributed by atoms with Gasteiger partial charge in [0.05, 0.1) is 11.1 Å². The summed E-state index contributed by atoms with van der Waals surface area (Å²) in [4.78, 5) is 17.7. The van der Waals surface area contributed by atoms with Crippen molar-refractivity contribution in [3.8, 4) is 28.9 Å². The monoisotopic (exact) mass is 623 g/mol. The molecule has 1 N–H and O–H groups in total. The molecule has 45 heavy (non-hydrogen) atoms. The molecule has 236 valence electrons. The average Bonchev–Trinajstić information content (AvgIpc) is 3.49. The summed E-state index contributed by atoms with van der Waals surface area (Å²) >= 11 is 0. The Kier molecular flexibility index (Phi) is 6.36. The minimum Gasteiger partial charge on any atom is -0.508 e. The highest BCUT2D eigenvalue weighted by Gasteiger charge is 2.52. The number of hydrogen-bond acceptors (Lipinski definition) is 8. The van der Waals surface area contributed by atoms with Gasteiger partial charge in [-0.25, -0.2) is 22.5 Å². The number of fused-ring (bicyclic) bond motifs is 2. The summed E-state index contributed by atoms with van der Waals surface area (Å²) < 4.78 is 73.1. The van der Waals surface area contributed by atoms with E-state index in [9.17, 15) is 13.9 Å². The number of rotatable bonds is 5. The number of halogens is 4. The van der Waals surface area contributed by atoms with Gasteiger partial charge in [0, 0.05) is 38.4 Å². The van der Waals surface area contributed by atoms with Crippen molar-refractivity contribution in [1.82, 2.24) is 19.9 Å². The van der Waals surface area contributed by atoms with E-state index in [1.807, 2.05) is 0 Å². The van der Waals surface area contributed by atoms with Gasteiger partial charge in [0.25, 0.3) is 0 Å². The Bertz CT molecular complexity index is 1870. The van der Waals surface area contributed by atoms with Crippen molar-refractivity contribution in [3.05, 3.63) is 41.5 Å². The number of ether oxygens (including phenoxy) is 2. The smallest absolute Gasteiger partial charge is 0.319 e. The molecule has 5 heterocycles. The van der Waals surface area contributed by atoms with Crippen LogP contribution >= 0.6 is 0 Å². The number of benzene rings is 2. The van der Waals surface area contributed by atoms with Gasteiger partial charge in [-0.1, -0.05) is 13.0 Å². The van der Waals surface area contributed by atoms with E-state index in [0.29, 0.717) is 41.5 Å². The summed E-state index contributed by atoms with van der Waals surface area (Å²) in [5.41, 5.74) is -0.986. The van der Waals surface area contributed by atoms with Gasteiger partial charge in [-0.3, -0.25) is 4.90 Å². The highest BCUT2D eigenvalue weighted by atomic mass is 19.1.